The number of hydrogen-bond donors (Lipinski definition) is 1. The summed E-state index contributed by atoms with van der Waals surface area (Å²) in [6.45, 7) is 14.1. The molecular weight excluding hydrogens is 523 g/mol. The van der Waals surface area contributed by atoms with Crippen LogP contribution in [0.2, 0.25) is 0 Å². The maximum Gasteiger partial charge on any atom is 0.197 e. The summed E-state index contributed by atoms with van der Waals surface area (Å²) < 4.78 is 36.6. The molecule has 0 radical (unpaired) electrons. The number of amidine groups is 1. The van der Waals surface area contributed by atoms with E-state index in [1.807, 2.05) is 19.1 Å². The van der Waals surface area contributed by atoms with Gasteiger partial charge in [-0.25, -0.2) is 4.39 Å². The molecule has 0 spiro atoms. The number of ether oxygens (including phenoxy) is 3. The van der Waals surface area contributed by atoms with Gasteiger partial charge in [0.05, 0.1) is 38.1 Å². The van der Waals surface area contributed by atoms with Crippen LogP contribution in [0.15, 0.2) is 22.7 Å². The SMILES string of the molecule is CCOc1cc2c(c(F)c1OCC)C(=NCl)N(CC(=O)c1cc(N3CCNCC3)c(OC)c(C(C)(C)C)c1)C2. The molecule has 0 bridgehead atoms. The lowest BCUT2D eigenvalue weighted by atomic mass is 9.84. The Morgan fingerprint density at radius 1 is 1.10 bits per heavy atom. The highest BCUT2D eigenvalue weighted by Crippen LogP contribution is 2.42. The lowest BCUT2D eigenvalue weighted by Crippen LogP contribution is -2.44. The highest BCUT2D eigenvalue weighted by Gasteiger charge is 2.35. The van der Waals surface area contributed by atoms with Crippen LogP contribution in [0.1, 0.15) is 61.7 Å². The molecule has 212 valence electrons. The van der Waals surface area contributed by atoms with E-state index in [9.17, 15) is 4.79 Å². The number of halogens is 2. The van der Waals surface area contributed by atoms with Crippen LogP contribution in [0.5, 0.6) is 17.2 Å². The zero-order valence-electron chi connectivity index (χ0n) is 23.6. The number of hydrogen-bond acceptors (Lipinski definition) is 7. The molecule has 10 heteroatoms. The second-order valence-electron chi connectivity index (χ2n) is 10.7. The third kappa shape index (κ3) is 5.79. The molecule has 0 unspecified atom stereocenters. The highest BCUT2D eigenvalue weighted by molar-refractivity contribution is 6.23. The molecule has 0 atom stereocenters. The van der Waals surface area contributed by atoms with Gasteiger partial charge in [-0.15, -0.1) is 0 Å². The van der Waals surface area contributed by atoms with E-state index in [0.717, 1.165) is 43.2 Å². The Morgan fingerprint density at radius 2 is 1.79 bits per heavy atom. The number of anilines is 1. The van der Waals surface area contributed by atoms with E-state index in [1.54, 1.807) is 25.0 Å². The fourth-order valence-corrected chi connectivity index (χ4v) is 5.37. The third-order valence-electron chi connectivity index (χ3n) is 7.02. The number of piperazine rings is 1. The van der Waals surface area contributed by atoms with Crippen LogP contribution in [0, 0.1) is 5.82 Å². The normalized spacial score (nSPS) is 16.5. The first-order chi connectivity index (χ1) is 18.6. The van der Waals surface area contributed by atoms with Gasteiger partial charge in [0.25, 0.3) is 0 Å². The molecule has 0 amide bonds. The number of carbonyl (C=O) groups excluding carboxylic acids is 1. The molecule has 1 fully saturated rings. The number of nitrogens with zero attached hydrogens (tertiary/aromatic N) is 3. The lowest BCUT2D eigenvalue weighted by Gasteiger charge is -2.33. The number of fused-ring (bicyclic) bond motifs is 1. The topological polar surface area (TPSA) is 75.6 Å². The first kappa shape index (κ1) is 29.0. The lowest BCUT2D eigenvalue weighted by molar-refractivity contribution is 0.0963. The van der Waals surface area contributed by atoms with E-state index in [0.29, 0.717) is 23.5 Å². The smallest absolute Gasteiger partial charge is 0.197 e. The Bertz CT molecular complexity index is 1260. The molecule has 1 saturated heterocycles. The minimum absolute atomic E-state index is 0.0229. The average molecular weight is 561 g/mol. The summed E-state index contributed by atoms with van der Waals surface area (Å²) in [4.78, 5) is 17.7. The van der Waals surface area contributed by atoms with Crippen LogP contribution >= 0.6 is 11.8 Å². The summed E-state index contributed by atoms with van der Waals surface area (Å²) in [7, 11) is 1.67. The van der Waals surface area contributed by atoms with Crippen molar-refractivity contribution in [1.29, 1.82) is 0 Å². The summed E-state index contributed by atoms with van der Waals surface area (Å²) in [6, 6.07) is 5.56. The van der Waals surface area contributed by atoms with E-state index in [2.05, 4.69) is 35.5 Å². The van der Waals surface area contributed by atoms with Crippen molar-refractivity contribution in [2.75, 3.05) is 57.9 Å². The van der Waals surface area contributed by atoms with Crippen molar-refractivity contribution in [3.8, 4) is 17.2 Å². The van der Waals surface area contributed by atoms with Crippen LogP contribution < -0.4 is 24.4 Å². The van der Waals surface area contributed by atoms with E-state index in [1.165, 1.54) is 0 Å². The third-order valence-corrected chi connectivity index (χ3v) is 7.18. The number of rotatable bonds is 9. The molecule has 4 rings (SSSR count). The van der Waals surface area contributed by atoms with E-state index in [-0.39, 0.29) is 48.0 Å². The summed E-state index contributed by atoms with van der Waals surface area (Å²) >= 11 is 5.98. The van der Waals surface area contributed by atoms with E-state index in [4.69, 9.17) is 26.0 Å². The minimum Gasteiger partial charge on any atom is -0.494 e. The maximum atomic E-state index is 15.7. The fourth-order valence-electron chi connectivity index (χ4n) is 5.18. The van der Waals surface area contributed by atoms with Gasteiger partial charge in [0.1, 0.15) is 5.75 Å². The summed E-state index contributed by atoms with van der Waals surface area (Å²) in [6.07, 6.45) is 0. The minimum atomic E-state index is -0.590. The van der Waals surface area contributed by atoms with Gasteiger partial charge in [-0.2, -0.15) is 4.51 Å². The number of methoxy groups -OCH3 is 1. The number of carbonyl (C=O) groups is 1. The number of benzene rings is 2. The zero-order chi connectivity index (χ0) is 28.3. The second-order valence-corrected chi connectivity index (χ2v) is 10.8. The molecule has 1 N–H and O–H groups in total. The molecule has 0 aromatic heterocycles. The molecule has 0 saturated carbocycles. The number of ketones is 1. The highest BCUT2D eigenvalue weighted by atomic mass is 35.5. The van der Waals surface area contributed by atoms with E-state index >= 15 is 4.39 Å². The Balaban J connectivity index is 1.70. The van der Waals surface area contributed by atoms with Gasteiger partial charge in [-0.1, -0.05) is 20.8 Å². The maximum absolute atomic E-state index is 15.7. The van der Waals surface area contributed by atoms with Crippen LogP contribution in [-0.2, 0) is 12.0 Å². The molecule has 0 aliphatic carbocycles. The quantitative estimate of drug-likeness (QED) is 0.435. The Labute approximate surface area is 235 Å². The Hall–Kier alpha value is -3.04. The van der Waals surface area contributed by atoms with Crippen molar-refractivity contribution in [2.24, 2.45) is 4.51 Å². The van der Waals surface area contributed by atoms with Crippen molar-refractivity contribution < 1.29 is 23.4 Å². The van der Waals surface area contributed by atoms with Crippen LogP contribution in [0.25, 0.3) is 0 Å². The molecule has 2 aliphatic rings. The molecule has 2 aliphatic heterocycles. The Morgan fingerprint density at radius 3 is 2.38 bits per heavy atom. The number of nitrogens with one attached hydrogen (secondary N) is 1. The first-order valence-corrected chi connectivity index (χ1v) is 13.7. The molecular formula is C29H38ClFN4O4. The summed E-state index contributed by atoms with van der Waals surface area (Å²) in [5.74, 6) is 0.617. The zero-order valence-corrected chi connectivity index (χ0v) is 24.4. The van der Waals surface area contributed by atoms with Gasteiger partial charge in [-0.05, 0) is 43.0 Å². The largest absolute Gasteiger partial charge is 0.494 e. The van der Waals surface area contributed by atoms with Crippen molar-refractivity contribution >= 4 is 29.1 Å². The standard InChI is InChI=1S/C29H38ClFN4O4/c1-7-38-23-15-19-16-35(28(33-30)24(19)25(31)27(23)39-8-2)17-22(36)18-13-20(29(3,4)5)26(37-6)21(14-18)34-11-9-32-10-12-34/h13-15,32H,7-12,16-17H2,1-6H3. The van der Waals surface area contributed by atoms with Gasteiger partial charge in [0.15, 0.2) is 28.9 Å². The van der Waals surface area contributed by atoms with Gasteiger partial charge >= 0.3 is 0 Å². The molecule has 2 heterocycles. The van der Waals surface area contributed by atoms with Crippen LogP contribution in [-0.4, -0.2) is 69.6 Å². The van der Waals surface area contributed by atoms with Crippen molar-refractivity contribution in [3.05, 3.63) is 46.3 Å². The predicted octanol–water partition coefficient (Wildman–Crippen LogP) is 4.94. The fraction of sp³-hybridized carbons (Fsp3) is 0.517. The van der Waals surface area contributed by atoms with E-state index < -0.39 is 5.82 Å². The monoisotopic (exact) mass is 560 g/mol. The molecule has 39 heavy (non-hydrogen) atoms. The van der Waals surface area contributed by atoms with Crippen LogP contribution in [0.3, 0.4) is 0 Å². The van der Waals surface area contributed by atoms with Crippen LogP contribution in [0.4, 0.5) is 10.1 Å². The molecule has 2 aromatic rings. The van der Waals surface area contributed by atoms with Gasteiger partial charge in [-0.3, -0.25) is 4.79 Å². The van der Waals surface area contributed by atoms with Crippen molar-refractivity contribution in [3.63, 3.8) is 0 Å². The van der Waals surface area contributed by atoms with Gasteiger partial charge in [0.2, 0.25) is 0 Å². The second kappa shape index (κ2) is 12.0. The molecule has 8 nitrogen and oxygen atoms in total. The summed E-state index contributed by atoms with van der Waals surface area (Å²) in [5.41, 5.74) is 3.03. The van der Waals surface area contributed by atoms with Crippen molar-refractivity contribution in [2.45, 2.75) is 46.6 Å². The average Bonchev–Trinajstić information content (AvgIpc) is 3.27. The predicted molar refractivity (Wildman–Crippen MR) is 153 cm³/mol. The molecule has 2 aromatic carbocycles. The first-order valence-electron chi connectivity index (χ1n) is 13.4. The van der Waals surface area contributed by atoms with Gasteiger partial charge in [0, 0.05) is 55.6 Å². The van der Waals surface area contributed by atoms with Gasteiger partial charge < -0.3 is 29.3 Å². The Kier molecular flexibility index (Phi) is 8.91. The van der Waals surface area contributed by atoms with Crippen molar-refractivity contribution in [1.82, 2.24) is 10.2 Å². The number of Topliss-reactive ketones (excluding diaryl/α,β-unsaturated/α-hetero) is 1. The summed E-state index contributed by atoms with van der Waals surface area (Å²) in [5, 5.41) is 3.37.